The molecule has 0 radical (unpaired) electrons. The van der Waals surface area contributed by atoms with E-state index >= 15 is 0 Å². The van der Waals surface area contributed by atoms with Gasteiger partial charge < -0.3 is 36.6 Å². The lowest BCUT2D eigenvalue weighted by atomic mass is 10.1. The number of halogens is 3. The summed E-state index contributed by atoms with van der Waals surface area (Å²) in [5.41, 5.74) is 15.0. The van der Waals surface area contributed by atoms with Gasteiger partial charge in [0.05, 0.1) is 7.11 Å². The highest BCUT2D eigenvalue weighted by Crippen LogP contribution is 2.28. The molecule has 0 saturated carbocycles. The van der Waals surface area contributed by atoms with E-state index in [9.17, 15) is 37.5 Å². The molecule has 1 aliphatic rings. The first-order valence-corrected chi connectivity index (χ1v) is 13.1. The number of carboxylic acids is 2. The number of hydrogen-bond acceptors (Lipinski definition) is 8. The van der Waals surface area contributed by atoms with Crippen LogP contribution in [0.2, 0.25) is 0 Å². The van der Waals surface area contributed by atoms with Gasteiger partial charge in [-0.3, -0.25) is 14.4 Å². The van der Waals surface area contributed by atoms with Gasteiger partial charge in [0.25, 0.3) is 5.91 Å². The zero-order valence-corrected chi connectivity index (χ0v) is 23.9. The molecule has 4 rings (SSSR count). The second-order valence-corrected chi connectivity index (χ2v) is 9.32. The van der Waals surface area contributed by atoms with Crippen LogP contribution in [0.5, 0.6) is 0 Å². The van der Waals surface area contributed by atoms with Crippen molar-refractivity contribution in [2.24, 2.45) is 11.5 Å². The van der Waals surface area contributed by atoms with E-state index < -0.39 is 36.0 Å². The number of primary amides is 1. The van der Waals surface area contributed by atoms with E-state index in [4.69, 9.17) is 21.4 Å². The van der Waals surface area contributed by atoms with Crippen molar-refractivity contribution in [1.82, 2.24) is 5.32 Å². The fourth-order valence-corrected chi connectivity index (χ4v) is 3.97. The van der Waals surface area contributed by atoms with Crippen LogP contribution in [0, 0.1) is 0 Å². The summed E-state index contributed by atoms with van der Waals surface area (Å²) < 4.78 is 36.4. The Morgan fingerprint density at radius 1 is 0.956 bits per heavy atom. The van der Waals surface area contributed by atoms with E-state index in [1.165, 1.54) is 7.11 Å². The zero-order chi connectivity index (χ0) is 33.7. The van der Waals surface area contributed by atoms with E-state index in [1.54, 1.807) is 60.7 Å². The van der Waals surface area contributed by atoms with Crippen molar-refractivity contribution in [1.29, 1.82) is 0 Å². The third-order valence-corrected chi connectivity index (χ3v) is 6.23. The van der Waals surface area contributed by atoms with Crippen LogP contribution >= 0.6 is 0 Å². The number of ether oxygens (including phenoxy) is 1. The number of amides is 2. The Morgan fingerprint density at radius 3 is 2.13 bits per heavy atom. The van der Waals surface area contributed by atoms with E-state index in [1.807, 2.05) is 17.0 Å². The first kappa shape index (κ1) is 35.8. The SMILES string of the molecule is COC(=O)CN1CCc2ccc(C(N)=O)cc21.NCc1cccc(C(=O)N[C@@H](C(=O)O)c2ccccc2)c1.O=C(O)C(F)(F)F. The van der Waals surface area contributed by atoms with Crippen LogP contribution in [0.15, 0.2) is 72.8 Å². The van der Waals surface area contributed by atoms with Crippen molar-refractivity contribution < 1.29 is 52.1 Å². The van der Waals surface area contributed by atoms with Crippen molar-refractivity contribution in [2.75, 3.05) is 25.1 Å². The number of carbonyl (C=O) groups excluding carboxylic acids is 3. The number of fused-ring (bicyclic) bond motifs is 1. The standard InChI is InChI=1S/C16H16N2O3.C12H14N2O3.C2HF3O2/c17-10-11-5-4-8-13(9-11)15(19)18-14(16(20)21)12-6-2-1-3-7-12;1-17-11(15)7-14-5-4-8-2-3-9(12(13)16)6-10(8)14;3-2(4,5)1(6)7/h1-9,14H,10,17H2,(H,18,19)(H,20,21);2-3,6H,4-5,7H2,1H3,(H2,13,16);(H,6,7)/t14-;;/m1../s1. The van der Waals surface area contributed by atoms with Crippen LogP contribution < -0.4 is 21.7 Å². The summed E-state index contributed by atoms with van der Waals surface area (Å²) in [6, 6.07) is 19.6. The molecule has 0 spiro atoms. The zero-order valence-electron chi connectivity index (χ0n) is 23.9. The predicted molar refractivity (Wildman–Crippen MR) is 155 cm³/mol. The Hall–Kier alpha value is -5.44. The number of nitrogens with zero attached hydrogens (tertiary/aromatic N) is 1. The fraction of sp³-hybridized carbons (Fsp3) is 0.233. The minimum Gasteiger partial charge on any atom is -0.479 e. The van der Waals surface area contributed by atoms with Crippen molar-refractivity contribution in [3.05, 3.63) is 101 Å². The highest BCUT2D eigenvalue weighted by Gasteiger charge is 2.38. The number of carboxylic acid groups (broad SMARTS) is 2. The minimum absolute atomic E-state index is 0.200. The van der Waals surface area contributed by atoms with Crippen LogP contribution in [0.25, 0.3) is 0 Å². The maximum absolute atomic E-state index is 12.2. The molecular formula is C30H31F3N4O8. The molecule has 45 heavy (non-hydrogen) atoms. The molecule has 1 atom stereocenters. The molecule has 0 aromatic heterocycles. The second-order valence-electron chi connectivity index (χ2n) is 9.32. The number of nitrogens with one attached hydrogen (secondary N) is 1. The number of esters is 1. The summed E-state index contributed by atoms with van der Waals surface area (Å²) in [7, 11) is 1.36. The number of hydrogen-bond donors (Lipinski definition) is 5. The smallest absolute Gasteiger partial charge is 0.479 e. The Labute approximate surface area is 255 Å². The maximum Gasteiger partial charge on any atom is 0.490 e. The van der Waals surface area contributed by atoms with E-state index in [0.717, 1.165) is 29.8 Å². The van der Waals surface area contributed by atoms with Gasteiger partial charge in [0.15, 0.2) is 6.04 Å². The number of anilines is 1. The van der Waals surface area contributed by atoms with Gasteiger partial charge in [-0.1, -0.05) is 48.5 Å². The van der Waals surface area contributed by atoms with Crippen LogP contribution in [0.1, 0.15) is 43.4 Å². The number of benzene rings is 3. The normalized spacial score (nSPS) is 12.2. The third kappa shape index (κ3) is 11.0. The van der Waals surface area contributed by atoms with Gasteiger partial charge in [-0.2, -0.15) is 13.2 Å². The maximum atomic E-state index is 12.2. The molecule has 3 aromatic carbocycles. The summed E-state index contributed by atoms with van der Waals surface area (Å²) in [4.78, 5) is 56.7. The molecule has 12 nitrogen and oxygen atoms in total. The summed E-state index contributed by atoms with van der Waals surface area (Å²) in [6.07, 6.45) is -4.22. The monoisotopic (exact) mass is 632 g/mol. The van der Waals surface area contributed by atoms with Gasteiger partial charge in [-0.25, -0.2) is 9.59 Å². The van der Waals surface area contributed by atoms with Gasteiger partial charge in [-0.15, -0.1) is 0 Å². The molecule has 1 aliphatic heterocycles. The van der Waals surface area contributed by atoms with E-state index in [2.05, 4.69) is 10.1 Å². The van der Waals surface area contributed by atoms with Gasteiger partial charge in [0.2, 0.25) is 5.91 Å². The Balaban J connectivity index is 0.000000263. The van der Waals surface area contributed by atoms with Crippen molar-refractivity contribution in [3.8, 4) is 0 Å². The van der Waals surface area contributed by atoms with Gasteiger partial charge in [0.1, 0.15) is 6.54 Å². The number of rotatable bonds is 8. The van der Waals surface area contributed by atoms with Gasteiger partial charge in [-0.05, 0) is 47.4 Å². The lowest BCUT2D eigenvalue weighted by Crippen LogP contribution is -2.33. The number of nitrogens with two attached hydrogens (primary N) is 2. The van der Waals surface area contributed by atoms with Crippen LogP contribution in [-0.2, 0) is 32.1 Å². The topological polar surface area (TPSA) is 202 Å². The summed E-state index contributed by atoms with van der Waals surface area (Å²) in [6.45, 7) is 1.28. The molecule has 2 amide bonds. The molecular weight excluding hydrogens is 601 g/mol. The molecule has 15 heteroatoms. The largest absolute Gasteiger partial charge is 0.490 e. The molecule has 1 heterocycles. The summed E-state index contributed by atoms with van der Waals surface area (Å²) in [5.74, 6) is -5.06. The first-order valence-electron chi connectivity index (χ1n) is 13.1. The molecule has 7 N–H and O–H groups in total. The molecule has 0 saturated heterocycles. The van der Waals surface area contributed by atoms with Crippen molar-refractivity contribution in [2.45, 2.75) is 25.2 Å². The molecule has 0 aliphatic carbocycles. The van der Waals surface area contributed by atoms with Crippen molar-refractivity contribution in [3.63, 3.8) is 0 Å². The number of alkyl halides is 3. The lowest BCUT2D eigenvalue weighted by Gasteiger charge is -2.17. The molecule has 240 valence electrons. The van der Waals surface area contributed by atoms with Crippen molar-refractivity contribution >= 4 is 35.4 Å². The van der Waals surface area contributed by atoms with Crippen LogP contribution in [0.4, 0.5) is 18.9 Å². The van der Waals surface area contributed by atoms with E-state index in [0.29, 0.717) is 23.2 Å². The quantitative estimate of drug-likeness (QED) is 0.230. The molecule has 0 bridgehead atoms. The average molecular weight is 633 g/mol. The summed E-state index contributed by atoms with van der Waals surface area (Å²) >= 11 is 0. The molecule has 3 aromatic rings. The second kappa shape index (κ2) is 16.4. The van der Waals surface area contributed by atoms with Gasteiger partial charge in [0, 0.05) is 29.9 Å². The number of methoxy groups -OCH3 is 1. The highest BCUT2D eigenvalue weighted by molar-refractivity contribution is 5.97. The van der Waals surface area contributed by atoms with Crippen LogP contribution in [-0.4, -0.2) is 66.3 Å². The fourth-order valence-electron chi connectivity index (χ4n) is 3.97. The van der Waals surface area contributed by atoms with E-state index in [-0.39, 0.29) is 12.5 Å². The Kier molecular flexibility index (Phi) is 13.0. The molecule has 0 unspecified atom stereocenters. The third-order valence-electron chi connectivity index (χ3n) is 6.23. The highest BCUT2D eigenvalue weighted by atomic mass is 19.4. The average Bonchev–Trinajstić information content (AvgIpc) is 3.41. The number of carbonyl (C=O) groups is 5. The number of aliphatic carboxylic acids is 2. The summed E-state index contributed by atoms with van der Waals surface area (Å²) in [5, 5.41) is 18.9. The lowest BCUT2D eigenvalue weighted by molar-refractivity contribution is -0.192. The minimum atomic E-state index is -5.08. The van der Waals surface area contributed by atoms with Gasteiger partial charge >= 0.3 is 24.1 Å². The van der Waals surface area contributed by atoms with Crippen LogP contribution in [0.3, 0.4) is 0 Å². The molecule has 0 fully saturated rings. The first-order chi connectivity index (χ1) is 21.2. The Bertz CT molecular complexity index is 1520. The Morgan fingerprint density at radius 2 is 1.60 bits per heavy atom. The predicted octanol–water partition coefficient (Wildman–Crippen LogP) is 2.66.